The minimum atomic E-state index is -3.76. The first-order valence-corrected chi connectivity index (χ1v) is 9.37. The fraction of sp³-hybridized carbons (Fsp3) is 0.667. The monoisotopic (exact) mass is 361 g/mol. The Labute approximate surface area is 138 Å². The first kappa shape index (κ1) is 17.8. The molecule has 0 bridgehead atoms. The van der Waals surface area contributed by atoms with Crippen molar-refractivity contribution in [2.24, 2.45) is 5.92 Å². The van der Waals surface area contributed by atoms with E-state index in [0.717, 1.165) is 11.3 Å². The third-order valence-corrected chi connectivity index (χ3v) is 6.38. The Morgan fingerprint density at radius 3 is 2.30 bits per heavy atom. The zero-order valence-corrected chi connectivity index (χ0v) is 14.8. The molecule has 2 heterocycles. The predicted octanol–water partition coefficient (Wildman–Crippen LogP) is -0.0146. The van der Waals surface area contributed by atoms with Gasteiger partial charge in [0.05, 0.1) is 0 Å². The van der Waals surface area contributed by atoms with Gasteiger partial charge in [0.25, 0.3) is 10.0 Å². The van der Waals surface area contributed by atoms with E-state index in [4.69, 9.17) is 0 Å². The number of carbonyl (C=O) groups excluding carboxylic acids is 2. The summed E-state index contributed by atoms with van der Waals surface area (Å²) in [4.78, 5) is 24.6. The smallest absolute Gasteiger partial charge is 0.272 e. The largest absolute Gasteiger partial charge is 0.340 e. The van der Waals surface area contributed by atoms with E-state index in [2.05, 4.69) is 15.5 Å². The Morgan fingerprint density at radius 1 is 1.17 bits per heavy atom. The Balaban J connectivity index is 2.05. The van der Waals surface area contributed by atoms with Gasteiger partial charge >= 0.3 is 0 Å². The highest BCUT2D eigenvalue weighted by Gasteiger charge is 2.33. The van der Waals surface area contributed by atoms with E-state index in [9.17, 15) is 18.0 Å². The summed E-state index contributed by atoms with van der Waals surface area (Å²) >= 11 is 0.809. The second kappa shape index (κ2) is 6.89. The number of hydrogen-bond donors (Lipinski definition) is 1. The Bertz CT molecular complexity index is 692. The van der Waals surface area contributed by atoms with Crippen molar-refractivity contribution in [2.75, 3.05) is 31.5 Å². The van der Waals surface area contributed by atoms with Crippen LogP contribution in [0, 0.1) is 5.92 Å². The highest BCUT2D eigenvalue weighted by atomic mass is 32.2. The van der Waals surface area contributed by atoms with Crippen molar-refractivity contribution in [2.45, 2.75) is 25.1 Å². The lowest BCUT2D eigenvalue weighted by Gasteiger charge is -2.34. The molecule has 1 fully saturated rings. The number of sulfonamides is 1. The molecular weight excluding hydrogens is 342 g/mol. The number of amides is 2. The lowest BCUT2D eigenvalue weighted by atomic mass is 10.2. The first-order chi connectivity index (χ1) is 10.7. The lowest BCUT2D eigenvalue weighted by Crippen LogP contribution is -2.51. The van der Waals surface area contributed by atoms with Crippen LogP contribution >= 0.6 is 11.3 Å². The number of piperazine rings is 1. The van der Waals surface area contributed by atoms with Crippen molar-refractivity contribution < 1.29 is 18.0 Å². The van der Waals surface area contributed by atoms with Crippen LogP contribution in [-0.4, -0.2) is 65.8 Å². The molecular formula is C12H19N5O4S2. The Kier molecular flexibility index (Phi) is 5.32. The van der Waals surface area contributed by atoms with E-state index in [1.807, 2.05) is 13.8 Å². The molecule has 23 heavy (non-hydrogen) atoms. The number of hydrogen-bond acceptors (Lipinski definition) is 7. The molecule has 0 radical (unpaired) electrons. The summed E-state index contributed by atoms with van der Waals surface area (Å²) in [6, 6.07) is 0. The Hall–Kier alpha value is -1.59. The van der Waals surface area contributed by atoms with Gasteiger partial charge in [-0.25, -0.2) is 8.42 Å². The van der Waals surface area contributed by atoms with Crippen molar-refractivity contribution >= 4 is 38.3 Å². The summed E-state index contributed by atoms with van der Waals surface area (Å²) in [6.45, 7) is 6.08. The summed E-state index contributed by atoms with van der Waals surface area (Å²) in [5.74, 6) is -0.432. The van der Waals surface area contributed by atoms with Gasteiger partial charge in [-0.15, -0.1) is 10.2 Å². The number of aromatic nitrogens is 2. The van der Waals surface area contributed by atoms with E-state index >= 15 is 0 Å². The van der Waals surface area contributed by atoms with Crippen LogP contribution in [0.5, 0.6) is 0 Å². The van der Waals surface area contributed by atoms with Crippen molar-refractivity contribution in [3.8, 4) is 0 Å². The molecule has 0 saturated carbocycles. The topological polar surface area (TPSA) is 113 Å². The number of nitrogens with zero attached hydrogens (tertiary/aromatic N) is 4. The van der Waals surface area contributed by atoms with Crippen molar-refractivity contribution in [3.63, 3.8) is 0 Å². The van der Waals surface area contributed by atoms with Gasteiger partial charge in [0.2, 0.25) is 21.3 Å². The normalized spacial score (nSPS) is 16.6. The highest BCUT2D eigenvalue weighted by Crippen LogP contribution is 2.24. The van der Waals surface area contributed by atoms with Crippen LogP contribution in [0.4, 0.5) is 5.13 Å². The maximum Gasteiger partial charge on any atom is 0.272 e. The van der Waals surface area contributed by atoms with Crippen molar-refractivity contribution in [3.05, 3.63) is 0 Å². The zero-order valence-electron chi connectivity index (χ0n) is 13.1. The van der Waals surface area contributed by atoms with Gasteiger partial charge in [-0.1, -0.05) is 25.2 Å². The van der Waals surface area contributed by atoms with Gasteiger partial charge < -0.3 is 10.2 Å². The number of carbonyl (C=O) groups is 2. The van der Waals surface area contributed by atoms with Crippen LogP contribution in [0.3, 0.4) is 0 Å². The number of anilines is 1. The van der Waals surface area contributed by atoms with E-state index in [1.165, 1.54) is 11.2 Å². The maximum absolute atomic E-state index is 12.5. The van der Waals surface area contributed by atoms with Crippen LogP contribution in [0.25, 0.3) is 0 Å². The molecule has 0 unspecified atom stereocenters. The summed E-state index contributed by atoms with van der Waals surface area (Å²) in [6.07, 6.45) is 0. The molecule has 1 saturated heterocycles. The molecule has 1 aromatic heterocycles. The van der Waals surface area contributed by atoms with E-state index in [-0.39, 0.29) is 40.3 Å². The van der Waals surface area contributed by atoms with Gasteiger partial charge in [-0.3, -0.25) is 9.59 Å². The Morgan fingerprint density at radius 2 is 1.78 bits per heavy atom. The van der Waals surface area contributed by atoms with E-state index < -0.39 is 10.0 Å². The van der Waals surface area contributed by atoms with Crippen LogP contribution in [0.2, 0.25) is 0 Å². The fourth-order valence-corrected chi connectivity index (χ4v) is 4.65. The minimum Gasteiger partial charge on any atom is -0.340 e. The van der Waals surface area contributed by atoms with Gasteiger partial charge in [0.15, 0.2) is 0 Å². The second-order valence-corrected chi connectivity index (χ2v) is 8.53. The molecule has 0 aromatic carbocycles. The van der Waals surface area contributed by atoms with Crippen LogP contribution < -0.4 is 5.32 Å². The average Bonchev–Trinajstić information content (AvgIpc) is 2.95. The van der Waals surface area contributed by atoms with Gasteiger partial charge in [-0.05, 0) is 0 Å². The quantitative estimate of drug-likeness (QED) is 0.755. The third kappa shape index (κ3) is 4.03. The number of rotatable bonds is 4. The predicted molar refractivity (Wildman–Crippen MR) is 84.4 cm³/mol. The summed E-state index contributed by atoms with van der Waals surface area (Å²) in [7, 11) is -3.76. The molecule has 1 aliphatic heterocycles. The van der Waals surface area contributed by atoms with Crippen LogP contribution in [0.15, 0.2) is 4.34 Å². The van der Waals surface area contributed by atoms with Crippen LogP contribution in [0.1, 0.15) is 20.8 Å². The standard InChI is InChI=1S/C12H19N5O4S2/c1-8(2)10(19)16-4-6-17(7-5-16)23(20,21)12-15-14-11(22-12)13-9(3)18/h8H,4-7H2,1-3H3,(H,13,14,18). The average molecular weight is 361 g/mol. The molecule has 9 nitrogen and oxygen atoms in total. The fourth-order valence-electron chi connectivity index (χ4n) is 2.14. The molecule has 11 heteroatoms. The number of nitrogens with one attached hydrogen (secondary N) is 1. The van der Waals surface area contributed by atoms with Crippen molar-refractivity contribution in [1.82, 2.24) is 19.4 Å². The van der Waals surface area contributed by atoms with Gasteiger partial charge in [0.1, 0.15) is 0 Å². The SMILES string of the molecule is CC(=O)Nc1nnc(S(=O)(=O)N2CCN(C(=O)C(C)C)CC2)s1. The molecule has 1 N–H and O–H groups in total. The van der Waals surface area contributed by atoms with Crippen molar-refractivity contribution in [1.29, 1.82) is 0 Å². The zero-order chi connectivity index (χ0) is 17.2. The molecule has 1 aromatic rings. The summed E-state index contributed by atoms with van der Waals surface area (Å²) < 4.78 is 26.2. The maximum atomic E-state index is 12.5. The van der Waals surface area contributed by atoms with Crippen LogP contribution in [-0.2, 0) is 19.6 Å². The summed E-state index contributed by atoms with van der Waals surface area (Å²) in [5, 5.41) is 9.84. The minimum absolute atomic E-state index is 0.0194. The molecule has 2 amide bonds. The van der Waals surface area contributed by atoms with Gasteiger partial charge in [0, 0.05) is 39.0 Å². The second-order valence-electron chi connectivity index (χ2n) is 5.44. The molecule has 0 spiro atoms. The first-order valence-electron chi connectivity index (χ1n) is 7.12. The molecule has 1 aliphatic rings. The summed E-state index contributed by atoms with van der Waals surface area (Å²) in [5.41, 5.74) is 0. The molecule has 128 valence electrons. The lowest BCUT2D eigenvalue weighted by molar-refractivity contribution is -0.135. The highest BCUT2D eigenvalue weighted by molar-refractivity contribution is 7.91. The van der Waals surface area contributed by atoms with E-state index in [0.29, 0.717) is 13.1 Å². The molecule has 0 atom stereocenters. The van der Waals surface area contributed by atoms with E-state index in [1.54, 1.807) is 4.90 Å². The third-order valence-electron chi connectivity index (χ3n) is 3.29. The molecule has 0 aliphatic carbocycles. The van der Waals surface area contributed by atoms with Gasteiger partial charge in [-0.2, -0.15) is 4.31 Å². The molecule has 2 rings (SSSR count).